The molecule has 0 bridgehead atoms. The van der Waals surface area contributed by atoms with Gasteiger partial charge in [-0.3, -0.25) is 4.79 Å². The number of pyridine rings is 1. The molecule has 6 nitrogen and oxygen atoms in total. The lowest BCUT2D eigenvalue weighted by Crippen LogP contribution is -2.40. The van der Waals surface area contributed by atoms with Gasteiger partial charge in [-0.05, 0) is 46.7 Å². The number of amides is 1. The fraction of sp³-hybridized carbons (Fsp3) is 0.588. The third kappa shape index (κ3) is 2.83. The molecule has 3 rings (SSSR count). The number of nitrogens with zero attached hydrogens (tertiary/aromatic N) is 4. The SMILES string of the molecule is CNCC1CCCN1C(=O)c1cc(C)nc2c1cnn2C(C)C. The molecule has 1 fully saturated rings. The lowest BCUT2D eigenvalue weighted by molar-refractivity contribution is 0.0739. The van der Waals surface area contributed by atoms with Crippen LogP contribution >= 0.6 is 0 Å². The maximum atomic E-state index is 13.1. The Kier molecular flexibility index (Phi) is 4.35. The molecule has 1 unspecified atom stereocenters. The molecule has 1 N–H and O–H groups in total. The summed E-state index contributed by atoms with van der Waals surface area (Å²) in [4.78, 5) is 19.7. The van der Waals surface area contributed by atoms with E-state index in [-0.39, 0.29) is 18.0 Å². The number of fused-ring (bicyclic) bond motifs is 1. The molecule has 2 aromatic heterocycles. The first-order chi connectivity index (χ1) is 11.0. The molecule has 0 radical (unpaired) electrons. The molecule has 1 atom stereocenters. The molecule has 0 saturated carbocycles. The highest BCUT2D eigenvalue weighted by Crippen LogP contribution is 2.25. The number of aryl methyl sites for hydroxylation is 1. The van der Waals surface area contributed by atoms with Gasteiger partial charge in [-0.25, -0.2) is 9.67 Å². The van der Waals surface area contributed by atoms with Crippen LogP contribution in [0.5, 0.6) is 0 Å². The zero-order valence-corrected chi connectivity index (χ0v) is 14.3. The van der Waals surface area contributed by atoms with E-state index in [4.69, 9.17) is 0 Å². The second-order valence-corrected chi connectivity index (χ2v) is 6.58. The van der Waals surface area contributed by atoms with E-state index in [2.05, 4.69) is 29.2 Å². The van der Waals surface area contributed by atoms with Crippen molar-refractivity contribution in [1.82, 2.24) is 25.0 Å². The van der Waals surface area contributed by atoms with Gasteiger partial charge in [0.2, 0.25) is 0 Å². The van der Waals surface area contributed by atoms with Gasteiger partial charge in [0.25, 0.3) is 5.91 Å². The fourth-order valence-electron chi connectivity index (χ4n) is 3.40. The average molecular weight is 315 g/mol. The van der Waals surface area contributed by atoms with Crippen LogP contribution in [0.25, 0.3) is 11.0 Å². The highest BCUT2D eigenvalue weighted by Gasteiger charge is 2.30. The van der Waals surface area contributed by atoms with Crippen LogP contribution in [-0.2, 0) is 0 Å². The third-order valence-electron chi connectivity index (χ3n) is 4.49. The van der Waals surface area contributed by atoms with Gasteiger partial charge in [-0.1, -0.05) is 0 Å². The van der Waals surface area contributed by atoms with Crippen LogP contribution in [0.2, 0.25) is 0 Å². The first kappa shape index (κ1) is 15.9. The number of hydrogen-bond acceptors (Lipinski definition) is 4. The second-order valence-electron chi connectivity index (χ2n) is 6.58. The van der Waals surface area contributed by atoms with Crippen molar-refractivity contribution in [1.29, 1.82) is 0 Å². The molecular weight excluding hydrogens is 290 g/mol. The average Bonchev–Trinajstić information content (AvgIpc) is 3.12. The fourth-order valence-corrected chi connectivity index (χ4v) is 3.40. The Morgan fingerprint density at radius 2 is 2.26 bits per heavy atom. The van der Waals surface area contributed by atoms with Crippen LogP contribution in [0, 0.1) is 6.92 Å². The number of aromatic nitrogens is 3. The van der Waals surface area contributed by atoms with E-state index in [1.165, 1.54) is 0 Å². The van der Waals surface area contributed by atoms with Crippen molar-refractivity contribution in [3.63, 3.8) is 0 Å². The van der Waals surface area contributed by atoms with Gasteiger partial charge in [0.05, 0.1) is 17.1 Å². The summed E-state index contributed by atoms with van der Waals surface area (Å²) >= 11 is 0. The number of carbonyl (C=O) groups is 1. The van der Waals surface area contributed by atoms with E-state index in [0.29, 0.717) is 0 Å². The van der Waals surface area contributed by atoms with Gasteiger partial charge in [0.15, 0.2) is 5.65 Å². The summed E-state index contributed by atoms with van der Waals surface area (Å²) in [7, 11) is 1.93. The van der Waals surface area contributed by atoms with E-state index >= 15 is 0 Å². The van der Waals surface area contributed by atoms with Crippen LogP contribution in [-0.4, -0.2) is 51.8 Å². The van der Waals surface area contributed by atoms with Crippen LogP contribution in [0.4, 0.5) is 0 Å². The minimum Gasteiger partial charge on any atom is -0.334 e. The van der Waals surface area contributed by atoms with Crippen LogP contribution < -0.4 is 5.32 Å². The minimum absolute atomic E-state index is 0.0987. The van der Waals surface area contributed by atoms with E-state index in [9.17, 15) is 4.79 Å². The summed E-state index contributed by atoms with van der Waals surface area (Å²) < 4.78 is 1.88. The molecule has 1 amide bonds. The molecule has 0 aromatic carbocycles. The van der Waals surface area contributed by atoms with Gasteiger partial charge < -0.3 is 10.2 Å². The summed E-state index contributed by atoms with van der Waals surface area (Å²) in [5.41, 5.74) is 2.38. The number of rotatable bonds is 4. The van der Waals surface area contributed by atoms with Gasteiger partial charge in [0, 0.05) is 30.9 Å². The highest BCUT2D eigenvalue weighted by atomic mass is 16.2. The second kappa shape index (κ2) is 6.28. The Balaban J connectivity index is 2.03. The molecule has 0 aliphatic carbocycles. The summed E-state index contributed by atoms with van der Waals surface area (Å²) in [5.74, 6) is 0.0987. The summed E-state index contributed by atoms with van der Waals surface area (Å²) in [6.45, 7) is 7.74. The Bertz CT molecular complexity index is 721. The lowest BCUT2D eigenvalue weighted by atomic mass is 10.1. The third-order valence-corrected chi connectivity index (χ3v) is 4.49. The maximum absolute atomic E-state index is 13.1. The molecule has 23 heavy (non-hydrogen) atoms. The predicted molar refractivity (Wildman–Crippen MR) is 90.6 cm³/mol. The van der Waals surface area contributed by atoms with Gasteiger partial charge in [-0.15, -0.1) is 0 Å². The van der Waals surface area contributed by atoms with Gasteiger partial charge >= 0.3 is 0 Å². The molecule has 2 aromatic rings. The van der Waals surface area contributed by atoms with Crippen molar-refractivity contribution in [2.75, 3.05) is 20.1 Å². The summed E-state index contributed by atoms with van der Waals surface area (Å²) in [6, 6.07) is 2.39. The van der Waals surface area contributed by atoms with Crippen LogP contribution in [0.1, 0.15) is 48.8 Å². The first-order valence-corrected chi connectivity index (χ1v) is 8.33. The number of likely N-dealkylation sites (N-methyl/N-ethyl adjacent to an activating group) is 1. The van der Waals surface area contributed by atoms with Crippen molar-refractivity contribution in [3.8, 4) is 0 Å². The molecular formula is C17H25N5O. The largest absolute Gasteiger partial charge is 0.334 e. The van der Waals surface area contributed by atoms with Crippen molar-refractivity contribution in [2.45, 2.75) is 45.7 Å². The Morgan fingerprint density at radius 3 is 2.96 bits per heavy atom. The van der Waals surface area contributed by atoms with Crippen LogP contribution in [0.15, 0.2) is 12.3 Å². The standard InChI is InChI=1S/C17H25N5O/c1-11(2)22-16-15(10-19-22)14(8-12(3)20-16)17(23)21-7-5-6-13(21)9-18-4/h8,10-11,13,18H,5-7,9H2,1-4H3. The molecule has 3 heterocycles. The maximum Gasteiger partial charge on any atom is 0.255 e. The molecule has 1 aliphatic rings. The first-order valence-electron chi connectivity index (χ1n) is 8.33. The van der Waals surface area contributed by atoms with Crippen molar-refractivity contribution >= 4 is 16.9 Å². The van der Waals surface area contributed by atoms with Crippen LogP contribution in [0.3, 0.4) is 0 Å². The highest BCUT2D eigenvalue weighted by molar-refractivity contribution is 6.05. The Morgan fingerprint density at radius 1 is 1.48 bits per heavy atom. The lowest BCUT2D eigenvalue weighted by Gasteiger charge is -2.25. The Labute approximate surface area is 136 Å². The number of carbonyl (C=O) groups excluding carboxylic acids is 1. The monoisotopic (exact) mass is 315 g/mol. The number of hydrogen-bond donors (Lipinski definition) is 1. The molecule has 1 aliphatic heterocycles. The van der Waals surface area contributed by atoms with Gasteiger partial charge in [-0.2, -0.15) is 5.10 Å². The van der Waals surface area contributed by atoms with Crippen molar-refractivity contribution in [2.24, 2.45) is 0 Å². The smallest absolute Gasteiger partial charge is 0.255 e. The molecule has 124 valence electrons. The minimum atomic E-state index is 0.0987. The molecule has 6 heteroatoms. The summed E-state index contributed by atoms with van der Waals surface area (Å²) in [6.07, 6.45) is 3.90. The predicted octanol–water partition coefficient (Wildman–Crippen LogP) is 2.14. The van der Waals surface area contributed by atoms with E-state index in [1.54, 1.807) is 6.20 Å². The molecule has 1 saturated heterocycles. The number of likely N-dealkylation sites (tertiary alicyclic amines) is 1. The van der Waals surface area contributed by atoms with Gasteiger partial charge in [0.1, 0.15) is 0 Å². The van der Waals surface area contributed by atoms with Crippen molar-refractivity contribution < 1.29 is 4.79 Å². The summed E-state index contributed by atoms with van der Waals surface area (Å²) in [5, 5.41) is 8.47. The van der Waals surface area contributed by atoms with E-state index in [0.717, 1.165) is 48.2 Å². The van der Waals surface area contributed by atoms with E-state index < -0.39 is 0 Å². The zero-order valence-electron chi connectivity index (χ0n) is 14.3. The normalized spacial score (nSPS) is 18.3. The number of nitrogens with one attached hydrogen (secondary N) is 1. The Hall–Kier alpha value is -1.95. The quantitative estimate of drug-likeness (QED) is 0.939. The zero-order chi connectivity index (χ0) is 16.6. The topological polar surface area (TPSA) is 63.1 Å². The van der Waals surface area contributed by atoms with Crippen molar-refractivity contribution in [3.05, 3.63) is 23.5 Å². The molecule has 0 spiro atoms. The van der Waals surface area contributed by atoms with E-state index in [1.807, 2.05) is 29.6 Å².